The third-order valence-corrected chi connectivity index (χ3v) is 6.15. The molecular weight excluding hydrogens is 395 g/mol. The van der Waals surface area contributed by atoms with E-state index in [0.717, 1.165) is 19.6 Å². The van der Waals surface area contributed by atoms with E-state index in [4.69, 9.17) is 9.47 Å². The van der Waals surface area contributed by atoms with E-state index in [-0.39, 0.29) is 12.4 Å². The molecule has 1 atom stereocenters. The Kier molecular flexibility index (Phi) is 7.64. The van der Waals surface area contributed by atoms with Gasteiger partial charge in [-0.2, -0.15) is 5.26 Å². The number of esters is 1. The number of methoxy groups -OCH3 is 1. The highest BCUT2D eigenvalue weighted by Crippen LogP contribution is 2.49. The second kappa shape index (κ2) is 10.4. The van der Waals surface area contributed by atoms with Gasteiger partial charge in [-0.3, -0.25) is 9.69 Å². The lowest BCUT2D eigenvalue weighted by molar-refractivity contribution is -0.147. The summed E-state index contributed by atoms with van der Waals surface area (Å²) in [7, 11) is 1.47. The summed E-state index contributed by atoms with van der Waals surface area (Å²) >= 11 is 0. The lowest BCUT2D eigenvalue weighted by Crippen LogP contribution is -2.44. The molecule has 0 radical (unpaired) electrons. The lowest BCUT2D eigenvalue weighted by Gasteiger charge is -2.44. The highest BCUT2D eigenvalue weighted by atomic mass is 19.1. The van der Waals surface area contributed by atoms with E-state index < -0.39 is 17.2 Å². The van der Waals surface area contributed by atoms with Gasteiger partial charge in [-0.05, 0) is 44.5 Å². The van der Waals surface area contributed by atoms with Crippen molar-refractivity contribution < 1.29 is 18.7 Å². The second-order valence-electron chi connectivity index (χ2n) is 8.05. The number of carbonyl (C=O) groups excluding carboxylic acids is 1. The number of likely N-dealkylation sites (tertiary alicyclic amines) is 1. The molecule has 0 bridgehead atoms. The first-order chi connectivity index (χ1) is 15.0. The zero-order chi connectivity index (χ0) is 22.3. The molecule has 0 spiro atoms. The summed E-state index contributed by atoms with van der Waals surface area (Å²) in [6, 6.07) is 16.9. The van der Waals surface area contributed by atoms with Crippen molar-refractivity contribution in [3.05, 3.63) is 65.5 Å². The van der Waals surface area contributed by atoms with Gasteiger partial charge in [0.05, 0.1) is 32.1 Å². The van der Waals surface area contributed by atoms with E-state index in [9.17, 15) is 14.4 Å². The molecule has 1 heterocycles. The SMILES string of the molecule is CCOC(=O)CC1(C(C#N)c2ccc(F)cc2OC)CCN(Cc2ccccc2)CC1. The number of hydrogen-bond acceptors (Lipinski definition) is 5. The lowest BCUT2D eigenvalue weighted by atomic mass is 9.64. The van der Waals surface area contributed by atoms with Crippen LogP contribution in [0.3, 0.4) is 0 Å². The Morgan fingerprint density at radius 2 is 1.94 bits per heavy atom. The average molecular weight is 425 g/mol. The van der Waals surface area contributed by atoms with Crippen LogP contribution in [0.5, 0.6) is 5.75 Å². The molecule has 5 nitrogen and oxygen atoms in total. The average Bonchev–Trinajstić information content (AvgIpc) is 2.77. The molecule has 0 N–H and O–H groups in total. The fourth-order valence-electron chi connectivity index (χ4n) is 4.52. The largest absolute Gasteiger partial charge is 0.496 e. The van der Waals surface area contributed by atoms with Crippen LogP contribution in [0.25, 0.3) is 0 Å². The number of nitrogens with zero attached hydrogens (tertiary/aromatic N) is 2. The molecule has 6 heteroatoms. The maximum atomic E-state index is 13.8. The zero-order valence-corrected chi connectivity index (χ0v) is 18.1. The minimum atomic E-state index is -0.605. The number of hydrogen-bond donors (Lipinski definition) is 0. The van der Waals surface area contributed by atoms with E-state index >= 15 is 0 Å². The van der Waals surface area contributed by atoms with Crippen LogP contribution < -0.4 is 4.74 Å². The van der Waals surface area contributed by atoms with Gasteiger partial charge >= 0.3 is 5.97 Å². The Hall–Kier alpha value is -2.91. The number of ether oxygens (including phenoxy) is 2. The van der Waals surface area contributed by atoms with Crippen molar-refractivity contribution >= 4 is 5.97 Å². The molecule has 1 fully saturated rings. The number of halogens is 1. The molecule has 1 aliphatic heterocycles. The topological polar surface area (TPSA) is 62.6 Å². The Morgan fingerprint density at radius 1 is 1.23 bits per heavy atom. The Morgan fingerprint density at radius 3 is 2.55 bits per heavy atom. The summed E-state index contributed by atoms with van der Waals surface area (Å²) in [6.07, 6.45) is 1.48. The van der Waals surface area contributed by atoms with E-state index in [1.165, 1.54) is 24.8 Å². The zero-order valence-electron chi connectivity index (χ0n) is 18.1. The van der Waals surface area contributed by atoms with Crippen molar-refractivity contribution in [3.8, 4) is 11.8 Å². The molecule has 164 valence electrons. The third kappa shape index (κ3) is 5.42. The van der Waals surface area contributed by atoms with Crippen molar-refractivity contribution in [3.63, 3.8) is 0 Å². The van der Waals surface area contributed by atoms with E-state index in [1.807, 2.05) is 18.2 Å². The van der Waals surface area contributed by atoms with Crippen LogP contribution in [0.4, 0.5) is 4.39 Å². The summed E-state index contributed by atoms with van der Waals surface area (Å²) in [5, 5.41) is 10.2. The van der Waals surface area contributed by atoms with Crippen LogP contribution >= 0.6 is 0 Å². The van der Waals surface area contributed by atoms with Gasteiger partial charge in [-0.15, -0.1) is 0 Å². The highest BCUT2D eigenvalue weighted by Gasteiger charge is 2.45. The van der Waals surface area contributed by atoms with Gasteiger partial charge in [0.2, 0.25) is 0 Å². The van der Waals surface area contributed by atoms with Gasteiger partial charge in [0.1, 0.15) is 11.6 Å². The third-order valence-electron chi connectivity index (χ3n) is 6.15. The van der Waals surface area contributed by atoms with E-state index in [2.05, 4.69) is 23.1 Å². The van der Waals surface area contributed by atoms with Crippen molar-refractivity contribution in [1.29, 1.82) is 5.26 Å². The van der Waals surface area contributed by atoms with Gasteiger partial charge in [-0.1, -0.05) is 36.4 Å². The first-order valence-electron chi connectivity index (χ1n) is 10.7. The van der Waals surface area contributed by atoms with Crippen LogP contribution in [-0.2, 0) is 16.1 Å². The predicted octanol–water partition coefficient (Wildman–Crippen LogP) is 4.68. The van der Waals surface area contributed by atoms with Crippen LogP contribution in [0.15, 0.2) is 48.5 Å². The minimum Gasteiger partial charge on any atom is -0.496 e. The maximum Gasteiger partial charge on any atom is 0.306 e. The maximum absolute atomic E-state index is 13.8. The van der Waals surface area contributed by atoms with E-state index in [0.29, 0.717) is 30.8 Å². The summed E-state index contributed by atoms with van der Waals surface area (Å²) in [4.78, 5) is 14.9. The molecule has 3 rings (SSSR count). The molecule has 1 saturated heterocycles. The summed E-state index contributed by atoms with van der Waals surface area (Å²) in [5.41, 5.74) is 1.25. The number of carbonyl (C=O) groups is 1. The predicted molar refractivity (Wildman–Crippen MR) is 116 cm³/mol. The highest BCUT2D eigenvalue weighted by molar-refractivity contribution is 5.71. The van der Waals surface area contributed by atoms with Gasteiger partial charge in [-0.25, -0.2) is 4.39 Å². The fraction of sp³-hybridized carbons (Fsp3) is 0.440. The fourth-order valence-corrected chi connectivity index (χ4v) is 4.52. The van der Waals surface area contributed by atoms with Gasteiger partial charge in [0, 0.05) is 23.6 Å². The van der Waals surface area contributed by atoms with Gasteiger partial charge < -0.3 is 9.47 Å². The molecule has 1 aliphatic rings. The normalized spacial score (nSPS) is 16.8. The summed E-state index contributed by atoms with van der Waals surface area (Å²) < 4.78 is 24.4. The molecule has 2 aromatic carbocycles. The van der Waals surface area contributed by atoms with Crippen LogP contribution in [0.2, 0.25) is 0 Å². The van der Waals surface area contributed by atoms with Crippen molar-refractivity contribution in [2.24, 2.45) is 5.41 Å². The smallest absolute Gasteiger partial charge is 0.306 e. The quantitative estimate of drug-likeness (QED) is 0.576. The van der Waals surface area contributed by atoms with Gasteiger partial charge in [0.25, 0.3) is 0 Å². The molecule has 0 aliphatic carbocycles. The first-order valence-corrected chi connectivity index (χ1v) is 10.7. The van der Waals surface area contributed by atoms with Crippen LogP contribution in [0.1, 0.15) is 43.2 Å². The molecule has 0 saturated carbocycles. The van der Waals surface area contributed by atoms with Crippen LogP contribution in [0, 0.1) is 22.6 Å². The van der Waals surface area contributed by atoms with E-state index in [1.54, 1.807) is 13.0 Å². The molecule has 31 heavy (non-hydrogen) atoms. The second-order valence-corrected chi connectivity index (χ2v) is 8.05. The minimum absolute atomic E-state index is 0.152. The Labute approximate surface area is 183 Å². The number of nitriles is 1. The number of benzene rings is 2. The van der Waals surface area contributed by atoms with Crippen LogP contribution in [-0.4, -0.2) is 37.7 Å². The van der Waals surface area contributed by atoms with Crippen molar-refractivity contribution in [2.75, 3.05) is 26.8 Å². The molecule has 1 unspecified atom stereocenters. The first kappa shape index (κ1) is 22.8. The van der Waals surface area contributed by atoms with Crippen molar-refractivity contribution in [1.82, 2.24) is 4.90 Å². The number of rotatable bonds is 8. The molecule has 2 aromatic rings. The standard InChI is InChI=1S/C25H29FN2O3/c1-3-31-24(29)16-25(22(17-27)21-10-9-20(26)15-23(21)30-2)11-13-28(14-12-25)18-19-7-5-4-6-8-19/h4-10,15,22H,3,11-14,16,18H2,1-2H3. The Balaban J connectivity index is 1.87. The Bertz CT molecular complexity index is 918. The summed E-state index contributed by atoms with van der Waals surface area (Å²) in [5.74, 6) is -0.998. The monoisotopic (exact) mass is 424 g/mol. The summed E-state index contributed by atoms with van der Waals surface area (Å²) in [6.45, 7) is 4.42. The molecular formula is C25H29FN2O3. The molecule has 0 amide bonds. The van der Waals surface area contributed by atoms with Gasteiger partial charge in [0.15, 0.2) is 0 Å². The number of piperidine rings is 1. The molecule has 0 aromatic heterocycles. The van der Waals surface area contributed by atoms with Crippen molar-refractivity contribution in [2.45, 2.75) is 38.6 Å².